The zero-order chi connectivity index (χ0) is 32.0. The van der Waals surface area contributed by atoms with Gasteiger partial charge in [0.25, 0.3) is 22.7 Å². The standard InChI is InChI=1S/C30H25FN8O6/c31-18-5-1-13(7-16(18)11-34-24-23(33)25(40)26(24)41)10-35-28(42)21-9-22(39-27(37-21)19(32)12-36-39)29(43)38-20-6-3-14-8-15(30(44)45)2-4-17(14)20/h1-2,4-5,7-9,12,20,34H,3,6,10-11,32-33H2,(H,35,42)(H,38,43)(H,44,45)/t20-/m0/s1. The number of hydrogen-bond donors (Lipinski definition) is 6. The van der Waals surface area contributed by atoms with Gasteiger partial charge in [0.05, 0.1) is 23.5 Å². The van der Waals surface area contributed by atoms with E-state index >= 15 is 0 Å². The summed E-state index contributed by atoms with van der Waals surface area (Å²) in [6.45, 7) is -0.152. The number of carbonyl (C=O) groups excluding carboxylic acids is 2. The Kier molecular flexibility index (Phi) is 7.20. The summed E-state index contributed by atoms with van der Waals surface area (Å²) >= 11 is 0. The van der Waals surface area contributed by atoms with E-state index in [4.69, 9.17) is 11.5 Å². The number of nitrogens with one attached hydrogen (secondary N) is 3. The summed E-state index contributed by atoms with van der Waals surface area (Å²) in [5.74, 6) is -2.79. The van der Waals surface area contributed by atoms with Gasteiger partial charge >= 0.3 is 5.97 Å². The van der Waals surface area contributed by atoms with Gasteiger partial charge in [-0.15, -0.1) is 0 Å². The molecule has 228 valence electrons. The van der Waals surface area contributed by atoms with Crippen LogP contribution in [0, 0.1) is 5.82 Å². The van der Waals surface area contributed by atoms with Crippen LogP contribution in [0.15, 0.2) is 58.3 Å². The number of nitrogens with two attached hydrogens (primary N) is 2. The number of carboxylic acid groups (broad SMARTS) is 1. The third kappa shape index (κ3) is 5.30. The average Bonchev–Trinajstić information content (AvgIpc) is 3.62. The van der Waals surface area contributed by atoms with Gasteiger partial charge in [0.1, 0.15) is 28.6 Å². The molecule has 0 radical (unpaired) electrons. The minimum absolute atomic E-state index is 0.00481. The molecule has 14 nitrogen and oxygen atoms in total. The lowest BCUT2D eigenvalue weighted by molar-refractivity contribution is 0.0696. The predicted molar refractivity (Wildman–Crippen MR) is 160 cm³/mol. The highest BCUT2D eigenvalue weighted by atomic mass is 19.1. The number of aryl methyl sites for hydroxylation is 1. The van der Waals surface area contributed by atoms with Crippen LogP contribution in [0.4, 0.5) is 21.5 Å². The van der Waals surface area contributed by atoms with Crippen LogP contribution in [-0.4, -0.2) is 37.5 Å². The van der Waals surface area contributed by atoms with Gasteiger partial charge in [-0.25, -0.2) is 18.7 Å². The highest BCUT2D eigenvalue weighted by Crippen LogP contribution is 2.32. The largest absolute Gasteiger partial charge is 0.478 e. The molecule has 1 aliphatic carbocycles. The molecule has 8 N–H and O–H groups in total. The molecule has 1 aliphatic rings. The molecule has 1 atom stereocenters. The molecule has 0 saturated heterocycles. The van der Waals surface area contributed by atoms with E-state index in [1.165, 1.54) is 41.0 Å². The van der Waals surface area contributed by atoms with Gasteiger partial charge in [0.15, 0.2) is 5.65 Å². The topological polar surface area (TPSA) is 224 Å². The highest BCUT2D eigenvalue weighted by molar-refractivity contribution is 5.99. The Morgan fingerprint density at radius 2 is 1.82 bits per heavy atom. The Hall–Kier alpha value is -6.12. The minimum Gasteiger partial charge on any atom is -0.478 e. The molecule has 0 unspecified atom stereocenters. The summed E-state index contributed by atoms with van der Waals surface area (Å²) in [6.07, 6.45) is 2.45. The van der Waals surface area contributed by atoms with Gasteiger partial charge in [0, 0.05) is 24.7 Å². The normalized spacial score (nSPS) is 13.9. The molecule has 2 amide bonds. The SMILES string of the molecule is Nc1c(NCc2cc(CNC(=O)c3cc(C(=O)N[C@H]4CCc5cc(C(=O)O)ccc54)n4ncc(N)c4n3)ccc2F)c(=O)c1=O. The maximum Gasteiger partial charge on any atom is 0.335 e. The Balaban J connectivity index is 1.18. The molecule has 0 aliphatic heterocycles. The maximum absolute atomic E-state index is 14.4. The molecule has 2 aromatic heterocycles. The van der Waals surface area contributed by atoms with Crippen molar-refractivity contribution in [2.45, 2.75) is 32.0 Å². The lowest BCUT2D eigenvalue weighted by Gasteiger charge is -2.15. The summed E-state index contributed by atoms with van der Waals surface area (Å²) in [4.78, 5) is 65.2. The summed E-state index contributed by atoms with van der Waals surface area (Å²) in [7, 11) is 0. The summed E-state index contributed by atoms with van der Waals surface area (Å²) in [5, 5.41) is 21.7. The maximum atomic E-state index is 14.4. The number of amides is 2. The first-order valence-corrected chi connectivity index (χ1v) is 13.7. The number of aromatic carboxylic acids is 1. The lowest BCUT2D eigenvalue weighted by atomic mass is 10.0. The molecule has 0 fully saturated rings. The van der Waals surface area contributed by atoms with Crippen LogP contribution < -0.4 is 38.3 Å². The van der Waals surface area contributed by atoms with Crippen molar-refractivity contribution in [3.8, 4) is 0 Å². The Labute approximate surface area is 252 Å². The fourth-order valence-electron chi connectivity index (χ4n) is 5.31. The predicted octanol–water partition coefficient (Wildman–Crippen LogP) is 1.29. The van der Waals surface area contributed by atoms with Crippen LogP contribution in [0.3, 0.4) is 0 Å². The quantitative estimate of drug-likeness (QED) is 0.130. The zero-order valence-electron chi connectivity index (χ0n) is 23.4. The second-order valence-electron chi connectivity index (χ2n) is 10.6. The number of carboxylic acids is 1. The van der Waals surface area contributed by atoms with E-state index in [1.54, 1.807) is 12.1 Å². The number of nitrogens with zero attached hydrogens (tertiary/aromatic N) is 3. The Morgan fingerprint density at radius 3 is 2.58 bits per heavy atom. The van der Waals surface area contributed by atoms with Gasteiger partial charge < -0.3 is 32.5 Å². The van der Waals surface area contributed by atoms with Crippen LogP contribution in [0.5, 0.6) is 0 Å². The molecule has 0 saturated carbocycles. The molecule has 6 rings (SSSR count). The van der Waals surface area contributed by atoms with Crippen molar-refractivity contribution in [2.75, 3.05) is 16.8 Å². The van der Waals surface area contributed by atoms with E-state index < -0.39 is 34.5 Å². The Bertz CT molecular complexity index is 2120. The van der Waals surface area contributed by atoms with Gasteiger partial charge in [-0.3, -0.25) is 19.2 Å². The van der Waals surface area contributed by atoms with E-state index in [2.05, 4.69) is 26.0 Å². The molecule has 45 heavy (non-hydrogen) atoms. The van der Waals surface area contributed by atoms with Crippen LogP contribution in [0.2, 0.25) is 0 Å². The van der Waals surface area contributed by atoms with Crippen molar-refractivity contribution in [3.63, 3.8) is 0 Å². The molecule has 15 heteroatoms. The van der Waals surface area contributed by atoms with Crippen molar-refractivity contribution in [1.29, 1.82) is 0 Å². The van der Waals surface area contributed by atoms with E-state index in [1.807, 2.05) is 0 Å². The van der Waals surface area contributed by atoms with Crippen LogP contribution in [0.25, 0.3) is 5.65 Å². The zero-order valence-corrected chi connectivity index (χ0v) is 23.4. The molecular formula is C30H25FN8O6. The fraction of sp³-hybridized carbons (Fsp3) is 0.167. The van der Waals surface area contributed by atoms with Crippen molar-refractivity contribution >= 4 is 40.5 Å². The smallest absolute Gasteiger partial charge is 0.335 e. The first kappa shape index (κ1) is 29.0. The lowest BCUT2D eigenvalue weighted by Crippen LogP contribution is -2.37. The van der Waals surface area contributed by atoms with Crippen LogP contribution in [-0.2, 0) is 19.5 Å². The van der Waals surface area contributed by atoms with Crippen LogP contribution >= 0.6 is 0 Å². The van der Waals surface area contributed by atoms with Crippen molar-refractivity contribution in [2.24, 2.45) is 0 Å². The number of aromatic nitrogens is 3. The number of nitrogen functional groups attached to an aromatic ring is 2. The fourth-order valence-corrected chi connectivity index (χ4v) is 5.31. The van der Waals surface area contributed by atoms with Crippen molar-refractivity contribution in [3.05, 3.63) is 114 Å². The molecular weight excluding hydrogens is 587 g/mol. The number of anilines is 3. The molecule has 0 bridgehead atoms. The molecule has 3 aromatic carbocycles. The van der Waals surface area contributed by atoms with E-state index in [-0.39, 0.29) is 64.4 Å². The number of benzene rings is 2. The number of hydrogen-bond acceptors (Lipinski definition) is 10. The van der Waals surface area contributed by atoms with E-state index in [0.717, 1.165) is 11.1 Å². The molecule has 0 spiro atoms. The average molecular weight is 613 g/mol. The monoisotopic (exact) mass is 612 g/mol. The number of fused-ring (bicyclic) bond motifs is 2. The van der Waals surface area contributed by atoms with Gasteiger partial charge in [-0.05, 0) is 53.8 Å². The van der Waals surface area contributed by atoms with E-state index in [0.29, 0.717) is 18.4 Å². The highest BCUT2D eigenvalue weighted by Gasteiger charge is 2.27. The third-order valence-corrected chi connectivity index (χ3v) is 7.70. The van der Waals surface area contributed by atoms with Gasteiger partial charge in [0.2, 0.25) is 0 Å². The molecule has 2 heterocycles. The second kappa shape index (κ2) is 11.2. The summed E-state index contributed by atoms with van der Waals surface area (Å²) < 4.78 is 15.6. The number of carbonyl (C=O) groups is 3. The van der Waals surface area contributed by atoms with Crippen LogP contribution in [0.1, 0.15) is 66.1 Å². The van der Waals surface area contributed by atoms with E-state index in [9.17, 15) is 33.5 Å². The van der Waals surface area contributed by atoms with Gasteiger partial charge in [-0.2, -0.15) is 5.10 Å². The second-order valence-corrected chi connectivity index (χ2v) is 10.6. The van der Waals surface area contributed by atoms with Gasteiger partial charge in [-0.1, -0.05) is 12.1 Å². The minimum atomic E-state index is -1.03. The first-order chi connectivity index (χ1) is 21.5. The third-order valence-electron chi connectivity index (χ3n) is 7.70. The Morgan fingerprint density at radius 1 is 1.02 bits per heavy atom. The van der Waals surface area contributed by atoms with Crippen molar-refractivity contribution in [1.82, 2.24) is 25.2 Å². The summed E-state index contributed by atoms with van der Waals surface area (Å²) in [5.41, 5.74) is 12.3. The summed E-state index contributed by atoms with van der Waals surface area (Å²) in [6, 6.07) is 9.80. The number of rotatable bonds is 9. The van der Waals surface area contributed by atoms with Crippen molar-refractivity contribution < 1.29 is 23.9 Å². The molecule has 5 aromatic rings. The first-order valence-electron chi connectivity index (χ1n) is 13.7. The number of halogens is 1.